The Morgan fingerprint density at radius 3 is 2.56 bits per heavy atom. The van der Waals surface area contributed by atoms with Gasteiger partial charge in [0.2, 0.25) is 11.8 Å². The molecule has 0 radical (unpaired) electrons. The van der Waals surface area contributed by atoms with Gasteiger partial charge in [0.15, 0.2) is 0 Å². The summed E-state index contributed by atoms with van der Waals surface area (Å²) < 4.78 is 0. The molecule has 0 aliphatic carbocycles. The van der Waals surface area contributed by atoms with E-state index in [1.165, 1.54) is 5.01 Å². The molecule has 0 saturated carbocycles. The van der Waals surface area contributed by atoms with Crippen molar-refractivity contribution in [2.75, 3.05) is 20.1 Å². The van der Waals surface area contributed by atoms with Gasteiger partial charge in [-0.05, 0) is 55.9 Å². The molecular formula is C29H36ClN5O4. The van der Waals surface area contributed by atoms with Crippen LogP contribution >= 0.6 is 11.6 Å². The lowest BCUT2D eigenvalue weighted by atomic mass is 9.73. The lowest BCUT2D eigenvalue weighted by Crippen LogP contribution is -2.60. The number of amides is 3. The topological polar surface area (TPSA) is 128 Å². The monoisotopic (exact) mass is 553 g/mol. The Kier molecular flexibility index (Phi) is 8.44. The average molecular weight is 554 g/mol. The number of aliphatic hydroxyl groups excluding tert-OH is 1. The minimum absolute atomic E-state index is 0.123. The summed E-state index contributed by atoms with van der Waals surface area (Å²) in [6, 6.07) is 14.1. The van der Waals surface area contributed by atoms with Crippen LogP contribution < -0.4 is 11.1 Å². The number of nitrogens with zero attached hydrogens (tertiary/aromatic N) is 3. The van der Waals surface area contributed by atoms with Crippen molar-refractivity contribution in [1.82, 2.24) is 15.2 Å². The largest absolute Gasteiger partial charge is 0.392 e. The number of fused-ring (bicyclic) bond motifs is 1. The summed E-state index contributed by atoms with van der Waals surface area (Å²) >= 11 is 6.42. The molecule has 208 valence electrons. The molecule has 1 fully saturated rings. The van der Waals surface area contributed by atoms with Gasteiger partial charge in [-0.1, -0.05) is 54.1 Å². The number of likely N-dealkylation sites (tertiary alicyclic amines) is 1. The van der Waals surface area contributed by atoms with E-state index in [2.05, 4.69) is 10.4 Å². The number of hydrogen-bond acceptors (Lipinski definition) is 6. The first-order chi connectivity index (χ1) is 18.4. The maximum Gasteiger partial charge on any atom is 0.256 e. The Morgan fingerprint density at radius 1 is 1.21 bits per heavy atom. The molecule has 2 aliphatic rings. The molecule has 2 aliphatic heterocycles. The fourth-order valence-electron chi connectivity index (χ4n) is 5.23. The number of halogens is 1. The maximum atomic E-state index is 14.0. The van der Waals surface area contributed by atoms with Gasteiger partial charge in [0.1, 0.15) is 11.5 Å². The molecule has 0 aromatic heterocycles. The Balaban J connectivity index is 1.59. The normalized spacial score (nSPS) is 19.9. The molecule has 0 unspecified atom stereocenters. The van der Waals surface area contributed by atoms with Crippen molar-refractivity contribution < 1.29 is 19.5 Å². The van der Waals surface area contributed by atoms with Gasteiger partial charge in [-0.3, -0.25) is 14.4 Å². The minimum atomic E-state index is -1.18. The predicted octanol–water partition coefficient (Wildman–Crippen LogP) is 2.28. The molecule has 3 amide bonds. The zero-order chi connectivity index (χ0) is 28.4. The SMILES string of the molecule is CN1N=C2CCN(C(=O)[C@@H](CCc3ccc(CO)cc3Cl)NC(=O)C(C)(C)N)C[C@@]2(Cc2ccccc2)C1=O. The number of hydrazone groups is 1. The number of nitrogens with two attached hydrogens (primary N) is 1. The van der Waals surface area contributed by atoms with E-state index in [0.29, 0.717) is 36.4 Å². The fraction of sp³-hybridized carbons (Fsp3) is 0.448. The third-order valence-corrected chi connectivity index (χ3v) is 7.81. The molecule has 4 N–H and O–H groups in total. The predicted molar refractivity (Wildman–Crippen MR) is 150 cm³/mol. The van der Waals surface area contributed by atoms with E-state index in [-0.39, 0.29) is 31.4 Å². The highest BCUT2D eigenvalue weighted by molar-refractivity contribution is 6.31. The van der Waals surface area contributed by atoms with Crippen LogP contribution in [0.5, 0.6) is 0 Å². The first kappa shape index (κ1) is 28.7. The van der Waals surface area contributed by atoms with Gasteiger partial charge in [-0.25, -0.2) is 5.01 Å². The summed E-state index contributed by atoms with van der Waals surface area (Å²) in [5, 5.41) is 18.6. The number of aliphatic hydroxyl groups is 1. The first-order valence-corrected chi connectivity index (χ1v) is 13.5. The Bertz CT molecular complexity index is 1280. The zero-order valence-corrected chi connectivity index (χ0v) is 23.4. The van der Waals surface area contributed by atoms with E-state index in [4.69, 9.17) is 17.3 Å². The summed E-state index contributed by atoms with van der Waals surface area (Å²) in [5.74, 6) is -0.861. The number of carbonyl (C=O) groups is 3. The van der Waals surface area contributed by atoms with Crippen LogP contribution in [0.4, 0.5) is 0 Å². The van der Waals surface area contributed by atoms with Gasteiger partial charge in [0.25, 0.3) is 5.91 Å². The van der Waals surface area contributed by atoms with Crippen molar-refractivity contribution >= 4 is 35.0 Å². The lowest BCUT2D eigenvalue weighted by molar-refractivity contribution is -0.142. The first-order valence-electron chi connectivity index (χ1n) is 13.1. The minimum Gasteiger partial charge on any atom is -0.392 e. The third-order valence-electron chi connectivity index (χ3n) is 7.46. The Hall–Kier alpha value is -3.27. The Morgan fingerprint density at radius 2 is 1.92 bits per heavy atom. The van der Waals surface area contributed by atoms with Crippen molar-refractivity contribution in [1.29, 1.82) is 0 Å². The molecule has 1 saturated heterocycles. The summed E-state index contributed by atoms with van der Waals surface area (Å²) in [5.41, 5.74) is 7.16. The second kappa shape index (κ2) is 11.5. The quantitative estimate of drug-likeness (QED) is 0.439. The number of nitrogens with one attached hydrogen (secondary N) is 1. The molecule has 0 spiro atoms. The molecule has 0 bridgehead atoms. The molecule has 4 rings (SSSR count). The highest BCUT2D eigenvalue weighted by Gasteiger charge is 2.53. The van der Waals surface area contributed by atoms with Crippen LogP contribution in [0.25, 0.3) is 0 Å². The van der Waals surface area contributed by atoms with Crippen LogP contribution in [0.15, 0.2) is 53.6 Å². The van der Waals surface area contributed by atoms with Crippen LogP contribution in [0.3, 0.4) is 0 Å². The van der Waals surface area contributed by atoms with Gasteiger partial charge in [-0.15, -0.1) is 0 Å². The zero-order valence-electron chi connectivity index (χ0n) is 22.6. The van der Waals surface area contributed by atoms with E-state index >= 15 is 0 Å². The van der Waals surface area contributed by atoms with Crippen LogP contribution in [-0.4, -0.2) is 70.2 Å². The molecule has 39 heavy (non-hydrogen) atoms. The van der Waals surface area contributed by atoms with Crippen molar-refractivity contribution in [2.45, 2.75) is 57.7 Å². The molecule has 9 nitrogen and oxygen atoms in total. The van der Waals surface area contributed by atoms with Crippen LogP contribution in [-0.2, 0) is 33.8 Å². The van der Waals surface area contributed by atoms with Gasteiger partial charge in [-0.2, -0.15) is 5.10 Å². The Labute approximate surface area is 234 Å². The van der Waals surface area contributed by atoms with Gasteiger partial charge in [0.05, 0.1) is 17.9 Å². The molecule has 10 heteroatoms. The standard InChI is InChI=1S/C29H36ClN5O4/c1-28(2,31)26(38)32-23(12-11-21-10-9-20(17-36)15-22(21)30)25(37)35-14-13-24-29(18-35,27(39)34(3)33-24)16-19-7-5-4-6-8-19/h4-10,15,23,36H,11-14,16-18,31H2,1-3H3,(H,32,38)/t23-,29-/m1/s1. The molecule has 2 atom stereocenters. The van der Waals surface area contributed by atoms with Crippen molar-refractivity contribution in [3.63, 3.8) is 0 Å². The second-order valence-electron chi connectivity index (χ2n) is 11.0. The smallest absolute Gasteiger partial charge is 0.256 e. The molecular weight excluding hydrogens is 518 g/mol. The van der Waals surface area contributed by atoms with Crippen LogP contribution in [0.1, 0.15) is 43.4 Å². The van der Waals surface area contributed by atoms with Gasteiger partial charge in [0, 0.05) is 31.6 Å². The fourth-order valence-corrected chi connectivity index (χ4v) is 5.53. The van der Waals surface area contributed by atoms with E-state index in [1.807, 2.05) is 36.4 Å². The van der Waals surface area contributed by atoms with Gasteiger partial charge < -0.3 is 21.1 Å². The molecule has 2 aromatic carbocycles. The average Bonchev–Trinajstić information content (AvgIpc) is 3.15. The van der Waals surface area contributed by atoms with E-state index in [9.17, 15) is 19.5 Å². The van der Waals surface area contributed by atoms with E-state index < -0.39 is 22.9 Å². The molecule has 2 heterocycles. The number of benzene rings is 2. The van der Waals surface area contributed by atoms with E-state index in [1.54, 1.807) is 37.9 Å². The number of piperidine rings is 1. The third kappa shape index (κ3) is 6.16. The van der Waals surface area contributed by atoms with Crippen molar-refractivity contribution in [3.05, 3.63) is 70.2 Å². The summed E-state index contributed by atoms with van der Waals surface area (Å²) in [7, 11) is 1.64. The second-order valence-corrected chi connectivity index (χ2v) is 11.4. The number of carbonyl (C=O) groups excluding carboxylic acids is 3. The van der Waals surface area contributed by atoms with Crippen molar-refractivity contribution in [2.24, 2.45) is 16.3 Å². The number of aryl methyl sites for hydroxylation is 1. The summed E-state index contributed by atoms with van der Waals surface area (Å²) in [6.45, 7) is 3.61. The number of hydrogen-bond donors (Lipinski definition) is 3. The number of rotatable bonds is 9. The highest BCUT2D eigenvalue weighted by atomic mass is 35.5. The lowest BCUT2D eigenvalue weighted by Gasteiger charge is -2.41. The van der Waals surface area contributed by atoms with Crippen molar-refractivity contribution in [3.8, 4) is 0 Å². The van der Waals surface area contributed by atoms with E-state index in [0.717, 1.165) is 16.8 Å². The summed E-state index contributed by atoms with van der Waals surface area (Å²) in [6.07, 6.45) is 1.60. The van der Waals surface area contributed by atoms with Crippen LogP contribution in [0.2, 0.25) is 5.02 Å². The van der Waals surface area contributed by atoms with Gasteiger partial charge >= 0.3 is 0 Å². The van der Waals surface area contributed by atoms with Crippen LogP contribution in [0, 0.1) is 5.41 Å². The molecule has 2 aromatic rings. The maximum absolute atomic E-state index is 14.0. The summed E-state index contributed by atoms with van der Waals surface area (Å²) in [4.78, 5) is 42.0. The highest BCUT2D eigenvalue weighted by Crippen LogP contribution is 2.38.